The Morgan fingerprint density at radius 1 is 0.120 bits per heavy atom. The van der Waals surface area contributed by atoms with Crippen LogP contribution in [0.4, 0.5) is 0 Å². The second-order valence-electron chi connectivity index (χ2n) is 36.0. The van der Waals surface area contributed by atoms with E-state index in [0.29, 0.717) is 0 Å². The molecule has 12 nitrogen and oxygen atoms in total. The number of aromatic nitrogens is 4. The molecule has 0 N–H and O–H groups in total. The van der Waals surface area contributed by atoms with E-state index < -0.39 is 5.41 Å². The van der Waals surface area contributed by atoms with Gasteiger partial charge in [0.2, 0.25) is 0 Å². The lowest BCUT2D eigenvalue weighted by molar-refractivity contribution is 0.662. The van der Waals surface area contributed by atoms with Gasteiger partial charge in [0.25, 0.3) is 0 Å². The third-order valence-corrected chi connectivity index (χ3v) is 29.3. The zero-order valence-corrected chi connectivity index (χ0v) is 70.5. The molecular formula is C121H64N4O8. The predicted octanol–water partition coefficient (Wildman–Crippen LogP) is 33.7. The van der Waals surface area contributed by atoms with Crippen LogP contribution in [0.2, 0.25) is 0 Å². The van der Waals surface area contributed by atoms with Gasteiger partial charge in [0.15, 0.2) is 0 Å². The van der Waals surface area contributed by atoms with Crippen LogP contribution in [-0.4, -0.2) is 18.3 Å². The van der Waals surface area contributed by atoms with Crippen molar-refractivity contribution in [3.63, 3.8) is 0 Å². The fraction of sp³-hybridized carbons (Fsp3) is 0.00826. The smallest absolute Gasteiger partial charge is 0.136 e. The fourth-order valence-corrected chi connectivity index (χ4v) is 23.4. The highest BCUT2D eigenvalue weighted by Gasteiger charge is 2.41. The van der Waals surface area contributed by atoms with E-state index in [4.69, 9.17) is 35.3 Å². The quantitative estimate of drug-likeness (QED) is 0.138. The van der Waals surface area contributed by atoms with E-state index in [9.17, 15) is 0 Å². The van der Waals surface area contributed by atoms with Gasteiger partial charge in [0.05, 0.1) is 49.5 Å². The Morgan fingerprint density at radius 3 is 0.436 bits per heavy atom. The van der Waals surface area contributed by atoms with Gasteiger partial charge in [0, 0.05) is 152 Å². The number of para-hydroxylation sites is 8. The summed E-state index contributed by atoms with van der Waals surface area (Å²) in [7, 11) is 0. The van der Waals surface area contributed by atoms with E-state index in [-0.39, 0.29) is 0 Å². The van der Waals surface area contributed by atoms with E-state index in [0.717, 1.165) is 265 Å². The predicted molar refractivity (Wildman–Crippen MR) is 540 cm³/mol. The monoisotopic (exact) mass is 1700 g/mol. The van der Waals surface area contributed by atoms with Crippen molar-refractivity contribution >= 4 is 263 Å². The summed E-state index contributed by atoms with van der Waals surface area (Å²) in [6.07, 6.45) is 0. The molecule has 0 saturated heterocycles. The molecule has 0 atom stereocenters. The topological polar surface area (TPSA) is 125 Å². The Morgan fingerprint density at radius 2 is 0.263 bits per heavy atom. The van der Waals surface area contributed by atoms with Gasteiger partial charge in [-0.05, 0) is 241 Å². The third kappa shape index (κ3) is 9.40. The molecule has 616 valence electrons. The summed E-state index contributed by atoms with van der Waals surface area (Å²) in [4.78, 5) is 0. The Kier molecular flexibility index (Phi) is 13.3. The minimum absolute atomic E-state index is 0.727. The van der Waals surface area contributed by atoms with Crippen molar-refractivity contribution in [2.45, 2.75) is 5.41 Å². The molecule has 12 aromatic heterocycles. The minimum atomic E-state index is -1.20. The van der Waals surface area contributed by atoms with E-state index >= 15 is 0 Å². The van der Waals surface area contributed by atoms with Crippen LogP contribution >= 0.6 is 0 Å². The lowest BCUT2D eigenvalue weighted by Gasteiger charge is -2.37. The molecule has 0 aliphatic rings. The fourth-order valence-electron chi connectivity index (χ4n) is 23.4. The second kappa shape index (κ2) is 25.3. The lowest BCUT2D eigenvalue weighted by atomic mass is 9.64. The number of furan rings is 8. The molecule has 0 bridgehead atoms. The van der Waals surface area contributed by atoms with Crippen LogP contribution in [0.1, 0.15) is 22.3 Å². The molecule has 0 fully saturated rings. The summed E-state index contributed by atoms with van der Waals surface area (Å²) in [5.41, 5.74) is 27.9. The Bertz CT molecular complexity index is 9450. The highest BCUT2D eigenvalue weighted by molar-refractivity contribution is 6.23. The summed E-state index contributed by atoms with van der Waals surface area (Å²) in [5, 5.41) is 24.7. The molecule has 20 aromatic carbocycles. The second-order valence-corrected chi connectivity index (χ2v) is 36.0. The van der Waals surface area contributed by atoms with Gasteiger partial charge in [-0.25, -0.2) is 0 Å². The summed E-state index contributed by atoms with van der Waals surface area (Å²) >= 11 is 0. The highest BCUT2D eigenvalue weighted by Crippen LogP contribution is 2.54. The van der Waals surface area contributed by atoms with Crippen molar-refractivity contribution < 1.29 is 35.3 Å². The summed E-state index contributed by atoms with van der Waals surface area (Å²) in [6.45, 7) is 0. The first-order valence-electron chi connectivity index (χ1n) is 45.1. The number of rotatable bonds is 8. The molecule has 0 aliphatic carbocycles. The van der Waals surface area contributed by atoms with Gasteiger partial charge in [-0.1, -0.05) is 170 Å². The summed E-state index contributed by atoms with van der Waals surface area (Å²) in [5.74, 6) is 0. The van der Waals surface area contributed by atoms with E-state index in [2.05, 4.69) is 407 Å². The number of nitrogens with zero attached hydrogens (tertiary/aromatic N) is 4. The van der Waals surface area contributed by atoms with Crippen LogP contribution in [0.15, 0.2) is 424 Å². The number of fused-ring (bicyclic) bond motifs is 36. The van der Waals surface area contributed by atoms with Gasteiger partial charge >= 0.3 is 0 Å². The molecule has 0 unspecified atom stereocenters. The molecule has 32 rings (SSSR count). The van der Waals surface area contributed by atoms with Gasteiger partial charge in [0.1, 0.15) is 89.3 Å². The van der Waals surface area contributed by atoms with Crippen molar-refractivity contribution in [2.75, 3.05) is 0 Å². The average Bonchev–Trinajstić information content (AvgIpc) is 1.67. The number of hydrogen-bond acceptors (Lipinski definition) is 8. The molecule has 12 heterocycles. The van der Waals surface area contributed by atoms with Crippen LogP contribution in [0.25, 0.3) is 285 Å². The van der Waals surface area contributed by atoms with Gasteiger partial charge < -0.3 is 53.6 Å². The maximum atomic E-state index is 7.20. The molecule has 32 aromatic rings. The van der Waals surface area contributed by atoms with E-state index in [1.54, 1.807) is 0 Å². The van der Waals surface area contributed by atoms with Crippen LogP contribution in [0.3, 0.4) is 0 Å². The van der Waals surface area contributed by atoms with Crippen LogP contribution in [0, 0.1) is 0 Å². The third-order valence-electron chi connectivity index (χ3n) is 29.3. The van der Waals surface area contributed by atoms with Gasteiger partial charge in [-0.2, -0.15) is 0 Å². The summed E-state index contributed by atoms with van der Waals surface area (Å²) in [6, 6.07) is 140. The molecule has 0 spiro atoms. The number of hydrogen-bond donors (Lipinski definition) is 0. The average molecular weight is 1700 g/mol. The van der Waals surface area contributed by atoms with Crippen LogP contribution in [-0.2, 0) is 5.41 Å². The molecule has 133 heavy (non-hydrogen) atoms. The molecule has 12 heteroatoms. The van der Waals surface area contributed by atoms with Crippen molar-refractivity contribution in [3.05, 3.63) is 411 Å². The number of benzene rings is 20. The van der Waals surface area contributed by atoms with Crippen molar-refractivity contribution in [2.24, 2.45) is 0 Å². The van der Waals surface area contributed by atoms with E-state index in [1.807, 2.05) is 0 Å². The Balaban J connectivity index is 0.633. The van der Waals surface area contributed by atoms with Crippen molar-refractivity contribution in [3.8, 4) is 22.7 Å². The lowest BCUT2D eigenvalue weighted by Crippen LogP contribution is -2.31. The SMILES string of the molecule is c1ccc2c(c1)c1ccccc1n2-c1ccc2oc3cc4c(cc3c2c1)oc1ccc(C(c2ccc3oc5cc6c(cc5c3c2)oc2ccc(-n3c5ccccc5c5ccccc53)cc26)(c2ccc3oc5cc6c(cc5c3c2)oc2ccc(-n3c5ccccc5c5ccccc53)cc26)c2ccc3oc5cc6c(cc5c3c2)oc2ccc(-n3c5ccccc5c5ccccc53)cc26)cc14. The van der Waals surface area contributed by atoms with Crippen molar-refractivity contribution in [1.82, 2.24) is 18.3 Å². The zero-order chi connectivity index (χ0) is 86.1. The van der Waals surface area contributed by atoms with Gasteiger partial charge in [-0.15, -0.1) is 0 Å². The molecule has 0 amide bonds. The molecule has 0 aliphatic heterocycles. The van der Waals surface area contributed by atoms with E-state index in [1.165, 1.54) is 43.1 Å². The summed E-state index contributed by atoms with van der Waals surface area (Å²) < 4.78 is 66.3. The maximum absolute atomic E-state index is 7.20. The minimum Gasteiger partial charge on any atom is -0.456 e. The Labute approximate surface area is 750 Å². The first-order chi connectivity index (χ1) is 65.8. The van der Waals surface area contributed by atoms with Gasteiger partial charge in [-0.3, -0.25) is 0 Å². The van der Waals surface area contributed by atoms with Crippen molar-refractivity contribution in [1.29, 1.82) is 0 Å². The van der Waals surface area contributed by atoms with Crippen LogP contribution < -0.4 is 0 Å². The maximum Gasteiger partial charge on any atom is 0.136 e. The Hall–Kier alpha value is -18.0. The molecular weight excluding hydrogens is 1640 g/mol. The normalized spacial score (nSPS) is 12.8. The molecule has 0 saturated carbocycles. The van der Waals surface area contributed by atoms with Crippen LogP contribution in [0.5, 0.6) is 0 Å². The first kappa shape index (κ1) is 70.1. The standard InChI is InChI=1S/C121H64N4O8/c1-9-25-97-73(17-1)74-18-2-10-26-98(74)122(97)69-37-45-109-85(53-69)93-61-113-89(57-117(93)130-109)81-49-65(33-41-105(81)126-113)121(66-34-42-106-82(50-66)90-58-118-94(62-114(90)127-106)86-54-70(38-46-110(86)131-118)123-99-27-11-3-19-75(99)76-20-4-12-28-100(76)123,67-35-43-107-83(51-67)91-59-119-95(63-115(91)128-107)87-55-71(39-47-111(87)132-119)124-101-29-13-5-21-77(101)78-22-6-14-30-102(78)124)68-36-44-108-84(52-68)92-60-120-96(64-116(92)129-108)88-56-72(40-48-112(88)133-120)125-103-31-15-7-23-79(103)80-24-8-16-32-104(80)125/h1-64H. The zero-order valence-electron chi connectivity index (χ0n) is 70.5. The highest BCUT2D eigenvalue weighted by atomic mass is 16.4. The largest absolute Gasteiger partial charge is 0.456 e. The molecule has 0 radical (unpaired) electrons. The first-order valence-corrected chi connectivity index (χ1v) is 45.1.